The molecular weight excluding hydrogens is 338 g/mol. The Morgan fingerprint density at radius 1 is 1.04 bits per heavy atom. The maximum atomic E-state index is 12.1. The molecule has 0 aromatic heterocycles. The molecule has 0 heterocycles. The van der Waals surface area contributed by atoms with E-state index in [9.17, 15) is 18.0 Å². The van der Waals surface area contributed by atoms with Gasteiger partial charge in [-0.15, -0.1) is 0 Å². The van der Waals surface area contributed by atoms with E-state index in [-0.39, 0.29) is 24.5 Å². The van der Waals surface area contributed by atoms with E-state index in [4.69, 9.17) is 4.74 Å². The number of hydrazine groups is 1. The molecule has 1 aromatic carbocycles. The van der Waals surface area contributed by atoms with Crippen molar-refractivity contribution in [3.8, 4) is 5.75 Å². The highest BCUT2D eigenvalue weighted by Gasteiger charge is 2.14. The number of carbonyl (C=O) groups excluding carboxylic acids is 2. The van der Waals surface area contributed by atoms with Crippen molar-refractivity contribution >= 4 is 22.0 Å². The van der Waals surface area contributed by atoms with Crippen molar-refractivity contribution in [1.29, 1.82) is 0 Å². The van der Waals surface area contributed by atoms with Gasteiger partial charge in [0.05, 0.1) is 18.1 Å². The first-order valence-corrected chi connectivity index (χ1v) is 8.81. The van der Waals surface area contributed by atoms with Crippen LogP contribution in [0.3, 0.4) is 0 Å². The molecule has 2 amide bonds. The number of nitrogens with one attached hydrogen (secondary N) is 3. The van der Waals surface area contributed by atoms with Gasteiger partial charge in [0, 0.05) is 13.0 Å². The summed E-state index contributed by atoms with van der Waals surface area (Å²) < 4.78 is 36.2. The van der Waals surface area contributed by atoms with E-state index in [0.717, 1.165) is 0 Å². The number of benzene rings is 1. The van der Waals surface area contributed by atoms with Gasteiger partial charge in [0.15, 0.2) is 0 Å². The first-order valence-electron chi connectivity index (χ1n) is 7.33. The molecule has 134 valence electrons. The summed E-state index contributed by atoms with van der Waals surface area (Å²) in [6.07, 6.45) is -0.941. The van der Waals surface area contributed by atoms with Crippen LogP contribution in [0.15, 0.2) is 29.2 Å². The van der Waals surface area contributed by atoms with Crippen LogP contribution in [-0.4, -0.2) is 40.2 Å². The third-order valence-corrected chi connectivity index (χ3v) is 4.15. The van der Waals surface area contributed by atoms with Crippen LogP contribution in [-0.2, 0) is 19.6 Å². The van der Waals surface area contributed by atoms with Crippen LogP contribution in [0.5, 0.6) is 5.75 Å². The highest BCUT2D eigenvalue weighted by molar-refractivity contribution is 7.89. The van der Waals surface area contributed by atoms with Crippen LogP contribution in [0.1, 0.15) is 20.3 Å². The Labute approximate surface area is 140 Å². The summed E-state index contributed by atoms with van der Waals surface area (Å²) in [5.74, 6) is 0.0123. The van der Waals surface area contributed by atoms with E-state index in [1.54, 1.807) is 19.1 Å². The number of carbonyl (C=O) groups is 2. The fourth-order valence-electron chi connectivity index (χ4n) is 1.61. The van der Waals surface area contributed by atoms with E-state index in [1.165, 1.54) is 12.1 Å². The van der Waals surface area contributed by atoms with Crippen LogP contribution < -0.4 is 20.3 Å². The highest BCUT2D eigenvalue weighted by atomic mass is 32.2. The van der Waals surface area contributed by atoms with Gasteiger partial charge >= 0.3 is 6.09 Å². The van der Waals surface area contributed by atoms with Gasteiger partial charge < -0.3 is 9.47 Å². The molecule has 9 nitrogen and oxygen atoms in total. The predicted molar refractivity (Wildman–Crippen MR) is 85.7 cm³/mol. The molecule has 1 aromatic rings. The lowest BCUT2D eigenvalue weighted by atomic mass is 10.3. The van der Waals surface area contributed by atoms with Gasteiger partial charge in [0.1, 0.15) is 5.75 Å². The normalized spacial score (nSPS) is 10.8. The Bertz CT molecular complexity index is 645. The van der Waals surface area contributed by atoms with E-state index in [0.29, 0.717) is 12.4 Å². The van der Waals surface area contributed by atoms with Gasteiger partial charge in [-0.1, -0.05) is 0 Å². The van der Waals surface area contributed by atoms with E-state index >= 15 is 0 Å². The van der Waals surface area contributed by atoms with Crippen LogP contribution in [0.25, 0.3) is 0 Å². The van der Waals surface area contributed by atoms with Crippen molar-refractivity contribution in [3.05, 3.63) is 24.3 Å². The van der Waals surface area contributed by atoms with Crippen molar-refractivity contribution in [2.75, 3.05) is 19.8 Å². The van der Waals surface area contributed by atoms with E-state index in [2.05, 4.69) is 14.9 Å². The fourth-order valence-corrected chi connectivity index (χ4v) is 2.65. The monoisotopic (exact) mass is 359 g/mol. The summed E-state index contributed by atoms with van der Waals surface area (Å²) in [6, 6.07) is 5.92. The first kappa shape index (κ1) is 19.7. The third kappa shape index (κ3) is 6.84. The van der Waals surface area contributed by atoms with Crippen LogP contribution in [0, 0.1) is 0 Å². The summed E-state index contributed by atoms with van der Waals surface area (Å²) in [4.78, 5) is 22.5. The molecule has 3 N–H and O–H groups in total. The molecule has 1 rings (SSSR count). The Balaban J connectivity index is 2.42. The lowest BCUT2D eigenvalue weighted by Gasteiger charge is -2.09. The highest BCUT2D eigenvalue weighted by Crippen LogP contribution is 2.15. The predicted octanol–water partition coefficient (Wildman–Crippen LogP) is 0.531. The second kappa shape index (κ2) is 9.73. The largest absolute Gasteiger partial charge is 0.494 e. The zero-order valence-corrected chi connectivity index (χ0v) is 14.3. The minimum absolute atomic E-state index is 0.0657. The summed E-state index contributed by atoms with van der Waals surface area (Å²) in [7, 11) is -3.73. The summed E-state index contributed by atoms with van der Waals surface area (Å²) >= 11 is 0. The molecule has 0 aliphatic heterocycles. The van der Waals surface area contributed by atoms with Crippen molar-refractivity contribution in [2.45, 2.75) is 25.2 Å². The Morgan fingerprint density at radius 3 is 2.29 bits per heavy atom. The van der Waals surface area contributed by atoms with Crippen molar-refractivity contribution in [2.24, 2.45) is 0 Å². The maximum Gasteiger partial charge on any atom is 0.426 e. The molecule has 0 bridgehead atoms. The van der Waals surface area contributed by atoms with Gasteiger partial charge in [-0.25, -0.2) is 23.4 Å². The van der Waals surface area contributed by atoms with Crippen molar-refractivity contribution in [1.82, 2.24) is 15.6 Å². The van der Waals surface area contributed by atoms with Crippen LogP contribution >= 0.6 is 0 Å². The topological polar surface area (TPSA) is 123 Å². The minimum Gasteiger partial charge on any atom is -0.494 e. The number of ether oxygens (including phenoxy) is 2. The third-order valence-electron chi connectivity index (χ3n) is 2.67. The molecule has 0 atom stereocenters. The zero-order chi connectivity index (χ0) is 18.0. The molecule has 0 saturated carbocycles. The molecule has 0 radical (unpaired) electrons. The molecule has 0 aliphatic carbocycles. The lowest BCUT2D eigenvalue weighted by Crippen LogP contribution is -2.43. The quantitative estimate of drug-likeness (QED) is 0.582. The van der Waals surface area contributed by atoms with Crippen molar-refractivity contribution < 1.29 is 27.5 Å². The number of hydrogen-bond donors (Lipinski definition) is 3. The van der Waals surface area contributed by atoms with Gasteiger partial charge in [-0.05, 0) is 38.1 Å². The Hall–Kier alpha value is -2.33. The summed E-state index contributed by atoms with van der Waals surface area (Å²) in [6.45, 7) is 3.99. The second-order valence-corrected chi connectivity index (χ2v) is 6.21. The molecule has 10 heteroatoms. The molecule has 0 aliphatic rings. The van der Waals surface area contributed by atoms with Crippen LogP contribution in [0.2, 0.25) is 0 Å². The van der Waals surface area contributed by atoms with Gasteiger partial charge in [-0.2, -0.15) is 0 Å². The number of amides is 2. The molecule has 0 saturated heterocycles. The van der Waals surface area contributed by atoms with Gasteiger partial charge in [-0.3, -0.25) is 10.2 Å². The smallest absolute Gasteiger partial charge is 0.426 e. The lowest BCUT2D eigenvalue weighted by molar-refractivity contribution is -0.121. The number of rotatable bonds is 8. The molecule has 0 unspecified atom stereocenters. The van der Waals surface area contributed by atoms with Crippen molar-refractivity contribution in [3.63, 3.8) is 0 Å². The number of hydrogen-bond acceptors (Lipinski definition) is 6. The average molecular weight is 359 g/mol. The zero-order valence-electron chi connectivity index (χ0n) is 13.5. The molecule has 0 spiro atoms. The Morgan fingerprint density at radius 2 is 1.71 bits per heavy atom. The SMILES string of the molecule is CCOC(=O)NNC(=O)CCNS(=O)(=O)c1ccc(OCC)cc1. The maximum absolute atomic E-state index is 12.1. The summed E-state index contributed by atoms with van der Waals surface area (Å²) in [5, 5.41) is 0. The van der Waals surface area contributed by atoms with Gasteiger partial charge in [0.2, 0.25) is 15.9 Å². The van der Waals surface area contributed by atoms with Gasteiger partial charge in [0.25, 0.3) is 0 Å². The van der Waals surface area contributed by atoms with Crippen LogP contribution in [0.4, 0.5) is 4.79 Å². The van der Waals surface area contributed by atoms with E-state index in [1.807, 2.05) is 12.3 Å². The fraction of sp³-hybridized carbons (Fsp3) is 0.429. The summed E-state index contributed by atoms with van der Waals surface area (Å²) in [5.41, 5.74) is 4.13. The first-order chi connectivity index (χ1) is 11.4. The Kier molecular flexibility index (Phi) is 7.99. The van der Waals surface area contributed by atoms with E-state index < -0.39 is 22.0 Å². The standard InChI is InChI=1S/C14H21N3O6S/c1-3-22-11-5-7-12(8-6-11)24(20,21)15-10-9-13(18)16-17-14(19)23-4-2/h5-8,15H,3-4,9-10H2,1-2H3,(H,16,18)(H,17,19). The average Bonchev–Trinajstić information content (AvgIpc) is 2.54. The molecule has 24 heavy (non-hydrogen) atoms. The molecular formula is C14H21N3O6S. The number of sulfonamides is 1. The molecule has 0 fully saturated rings. The second-order valence-electron chi connectivity index (χ2n) is 4.45. The minimum atomic E-state index is -3.73.